The summed E-state index contributed by atoms with van der Waals surface area (Å²) in [6.45, 7) is 0.379. The molecule has 5 nitrogen and oxygen atoms in total. The molecule has 1 unspecified atom stereocenters. The van der Waals surface area contributed by atoms with E-state index in [9.17, 15) is 5.21 Å². The highest BCUT2D eigenvalue weighted by Gasteiger charge is 2.19. The monoisotopic (exact) mass is 328 g/mol. The average Bonchev–Trinajstić information content (AvgIpc) is 3.21. The van der Waals surface area contributed by atoms with Crippen molar-refractivity contribution in [1.29, 1.82) is 0 Å². The first-order chi connectivity index (χ1) is 11.2. The molecule has 0 radical (unpaired) electrons. The Bertz CT molecular complexity index is 753. The van der Waals surface area contributed by atoms with Crippen molar-refractivity contribution >= 4 is 16.3 Å². The molecule has 0 aliphatic heterocycles. The minimum atomic E-state index is -0.157. The first-order valence-electron chi connectivity index (χ1n) is 7.48. The fourth-order valence-electron chi connectivity index (χ4n) is 2.57. The Morgan fingerprint density at radius 3 is 2.74 bits per heavy atom. The Morgan fingerprint density at radius 1 is 1.30 bits per heavy atom. The van der Waals surface area contributed by atoms with Gasteiger partial charge in [-0.15, -0.1) is 11.3 Å². The van der Waals surface area contributed by atoms with Gasteiger partial charge in [-0.2, -0.15) is 5.10 Å². The molecule has 0 aliphatic rings. The van der Waals surface area contributed by atoms with E-state index >= 15 is 0 Å². The standard InChI is InChI=1S/C17H20N4OS/c1-20-16(7-8-19-20)14-10-17(23-12-14)21(22)15(11-18)9-13-5-3-2-4-6-13/h2-8,10,12,15,22H,9,11,18H2,1H3. The maximum absolute atomic E-state index is 10.6. The van der Waals surface area contributed by atoms with Crippen LogP contribution in [0.3, 0.4) is 0 Å². The van der Waals surface area contributed by atoms with Gasteiger partial charge in [-0.25, -0.2) is 5.06 Å². The molecule has 0 aliphatic carbocycles. The number of benzene rings is 1. The lowest BCUT2D eigenvalue weighted by Crippen LogP contribution is -2.39. The predicted molar refractivity (Wildman–Crippen MR) is 93.8 cm³/mol. The SMILES string of the molecule is Cn1nccc1-c1csc(N(O)C(CN)Cc2ccccc2)c1. The molecule has 0 spiro atoms. The van der Waals surface area contributed by atoms with Gasteiger partial charge in [-0.05, 0) is 24.1 Å². The van der Waals surface area contributed by atoms with Gasteiger partial charge in [-0.3, -0.25) is 9.89 Å². The summed E-state index contributed by atoms with van der Waals surface area (Å²) in [5, 5.41) is 18.8. The third-order valence-electron chi connectivity index (χ3n) is 3.86. The molecular weight excluding hydrogens is 308 g/mol. The van der Waals surface area contributed by atoms with E-state index in [1.54, 1.807) is 6.20 Å². The van der Waals surface area contributed by atoms with Crippen LogP contribution in [0.15, 0.2) is 54.0 Å². The molecule has 0 fully saturated rings. The van der Waals surface area contributed by atoms with E-state index in [0.717, 1.165) is 21.8 Å². The van der Waals surface area contributed by atoms with Crippen molar-refractivity contribution in [3.63, 3.8) is 0 Å². The molecule has 6 heteroatoms. The highest BCUT2D eigenvalue weighted by Crippen LogP contribution is 2.31. The number of hydroxylamine groups is 1. The van der Waals surface area contributed by atoms with Gasteiger partial charge < -0.3 is 5.73 Å². The highest BCUT2D eigenvalue weighted by molar-refractivity contribution is 7.14. The average molecular weight is 328 g/mol. The van der Waals surface area contributed by atoms with Crippen molar-refractivity contribution in [2.45, 2.75) is 12.5 Å². The van der Waals surface area contributed by atoms with Crippen molar-refractivity contribution in [2.75, 3.05) is 11.6 Å². The molecule has 0 saturated carbocycles. The van der Waals surface area contributed by atoms with Crippen molar-refractivity contribution in [2.24, 2.45) is 12.8 Å². The number of hydrogen-bond acceptors (Lipinski definition) is 5. The van der Waals surface area contributed by atoms with Crippen molar-refractivity contribution in [3.05, 3.63) is 59.6 Å². The van der Waals surface area contributed by atoms with Crippen LogP contribution in [0.4, 0.5) is 5.00 Å². The van der Waals surface area contributed by atoms with Gasteiger partial charge in [0.15, 0.2) is 0 Å². The third kappa shape index (κ3) is 3.44. The van der Waals surface area contributed by atoms with Crippen molar-refractivity contribution < 1.29 is 5.21 Å². The summed E-state index contributed by atoms with van der Waals surface area (Å²) in [5.41, 5.74) is 9.09. The summed E-state index contributed by atoms with van der Waals surface area (Å²) in [6, 6.07) is 13.8. The van der Waals surface area contributed by atoms with Crippen molar-refractivity contribution in [3.8, 4) is 11.3 Å². The summed E-state index contributed by atoms with van der Waals surface area (Å²) in [7, 11) is 1.90. The molecule has 3 N–H and O–H groups in total. The zero-order valence-corrected chi connectivity index (χ0v) is 13.8. The van der Waals surface area contributed by atoms with E-state index in [-0.39, 0.29) is 6.04 Å². The molecule has 1 atom stereocenters. The van der Waals surface area contributed by atoms with Crippen molar-refractivity contribution in [1.82, 2.24) is 9.78 Å². The summed E-state index contributed by atoms with van der Waals surface area (Å²) < 4.78 is 1.82. The number of thiophene rings is 1. The zero-order chi connectivity index (χ0) is 16.2. The van der Waals surface area contributed by atoms with Gasteiger partial charge in [0.1, 0.15) is 5.00 Å². The van der Waals surface area contributed by atoms with Crippen LogP contribution in [0.25, 0.3) is 11.3 Å². The molecule has 120 valence electrons. The Hall–Kier alpha value is -2.15. The quantitative estimate of drug-likeness (QED) is 0.683. The number of nitrogens with zero attached hydrogens (tertiary/aromatic N) is 3. The Labute approximate surface area is 139 Å². The molecule has 1 aromatic carbocycles. The van der Waals surface area contributed by atoms with Gasteiger partial charge in [0, 0.05) is 30.7 Å². The van der Waals surface area contributed by atoms with E-state index in [0.29, 0.717) is 13.0 Å². The number of rotatable bonds is 6. The Balaban J connectivity index is 1.77. The van der Waals surface area contributed by atoms with E-state index in [4.69, 9.17) is 5.73 Å². The smallest absolute Gasteiger partial charge is 0.117 e. The number of hydrogen-bond donors (Lipinski definition) is 2. The molecule has 0 saturated heterocycles. The van der Waals surface area contributed by atoms with Gasteiger partial charge in [0.05, 0.1) is 11.7 Å². The second-order valence-electron chi connectivity index (χ2n) is 5.44. The van der Waals surface area contributed by atoms with E-state index in [1.165, 1.54) is 16.4 Å². The molecule has 0 bridgehead atoms. The van der Waals surface area contributed by atoms with Crippen LogP contribution in [0, 0.1) is 0 Å². The lowest BCUT2D eigenvalue weighted by molar-refractivity contribution is 0.219. The minimum absolute atomic E-state index is 0.157. The predicted octanol–water partition coefficient (Wildman–Crippen LogP) is 2.91. The van der Waals surface area contributed by atoms with Gasteiger partial charge in [0.2, 0.25) is 0 Å². The van der Waals surface area contributed by atoms with Crippen LogP contribution >= 0.6 is 11.3 Å². The Kier molecular flexibility index (Phi) is 4.76. The molecule has 2 heterocycles. The van der Waals surface area contributed by atoms with Gasteiger partial charge >= 0.3 is 0 Å². The fourth-order valence-corrected chi connectivity index (χ4v) is 3.46. The lowest BCUT2D eigenvalue weighted by atomic mass is 10.1. The second kappa shape index (κ2) is 6.95. The van der Waals surface area contributed by atoms with Crippen LogP contribution in [-0.4, -0.2) is 27.6 Å². The van der Waals surface area contributed by atoms with Gasteiger partial charge in [0.25, 0.3) is 0 Å². The molecule has 23 heavy (non-hydrogen) atoms. The van der Waals surface area contributed by atoms with Crippen LogP contribution in [0.2, 0.25) is 0 Å². The summed E-state index contributed by atoms with van der Waals surface area (Å²) >= 11 is 1.50. The first-order valence-corrected chi connectivity index (χ1v) is 8.36. The maximum atomic E-state index is 10.6. The maximum Gasteiger partial charge on any atom is 0.117 e. The molecule has 3 rings (SSSR count). The Morgan fingerprint density at radius 2 is 2.09 bits per heavy atom. The van der Waals surface area contributed by atoms with E-state index in [1.807, 2.05) is 59.6 Å². The van der Waals surface area contributed by atoms with Crippen LogP contribution in [0.5, 0.6) is 0 Å². The largest absolute Gasteiger partial charge is 0.328 e. The number of aryl methyl sites for hydroxylation is 1. The van der Waals surface area contributed by atoms with Crippen LogP contribution in [-0.2, 0) is 13.5 Å². The highest BCUT2D eigenvalue weighted by atomic mass is 32.1. The normalized spacial score (nSPS) is 12.3. The zero-order valence-electron chi connectivity index (χ0n) is 13.0. The summed E-state index contributed by atoms with van der Waals surface area (Å²) in [5.74, 6) is 0. The molecular formula is C17H20N4OS. The molecule has 0 amide bonds. The van der Waals surface area contributed by atoms with E-state index in [2.05, 4.69) is 5.10 Å². The topological polar surface area (TPSA) is 67.3 Å². The molecule has 2 aromatic heterocycles. The van der Waals surface area contributed by atoms with Crippen LogP contribution < -0.4 is 10.8 Å². The summed E-state index contributed by atoms with van der Waals surface area (Å²) in [4.78, 5) is 0. The number of anilines is 1. The summed E-state index contributed by atoms with van der Waals surface area (Å²) in [6.07, 6.45) is 2.47. The molecule has 3 aromatic rings. The number of aromatic nitrogens is 2. The lowest BCUT2D eigenvalue weighted by Gasteiger charge is -2.25. The number of nitrogens with two attached hydrogens (primary N) is 1. The first kappa shape index (κ1) is 15.7. The van der Waals surface area contributed by atoms with E-state index < -0.39 is 0 Å². The van der Waals surface area contributed by atoms with Crippen LogP contribution in [0.1, 0.15) is 5.56 Å². The minimum Gasteiger partial charge on any atom is -0.328 e. The third-order valence-corrected chi connectivity index (χ3v) is 4.78. The fraction of sp³-hybridized carbons (Fsp3) is 0.235. The van der Waals surface area contributed by atoms with Gasteiger partial charge in [-0.1, -0.05) is 30.3 Å². The second-order valence-corrected chi connectivity index (χ2v) is 6.33.